The maximum Gasteiger partial charge on any atom is 0.200 e. The van der Waals surface area contributed by atoms with Gasteiger partial charge in [0.15, 0.2) is 28.5 Å². The van der Waals surface area contributed by atoms with E-state index in [0.717, 1.165) is 0 Å². The second-order valence-electron chi connectivity index (χ2n) is 6.86. The van der Waals surface area contributed by atoms with Gasteiger partial charge in [-0.1, -0.05) is 19.1 Å². The summed E-state index contributed by atoms with van der Waals surface area (Å²) in [5, 5.41) is 31.7. The highest BCUT2D eigenvalue weighted by Crippen LogP contribution is 2.38. The Bertz CT molecular complexity index is 967. The number of aromatic nitrogens is 5. The van der Waals surface area contributed by atoms with Crippen molar-refractivity contribution in [3.63, 3.8) is 0 Å². The molecule has 0 bridgehead atoms. The van der Waals surface area contributed by atoms with Crippen molar-refractivity contribution in [2.45, 2.75) is 46.2 Å². The highest BCUT2D eigenvalue weighted by atomic mass is 16.5. The van der Waals surface area contributed by atoms with E-state index in [9.17, 15) is 10.2 Å². The van der Waals surface area contributed by atoms with Crippen LogP contribution in [-0.4, -0.2) is 42.3 Å². The summed E-state index contributed by atoms with van der Waals surface area (Å²) in [7, 11) is 1.43. The van der Waals surface area contributed by atoms with Crippen LogP contribution in [0, 0.1) is 0 Å². The summed E-state index contributed by atoms with van der Waals surface area (Å²) < 4.78 is 6.75. The van der Waals surface area contributed by atoms with Crippen LogP contribution < -0.4 is 10.1 Å². The van der Waals surface area contributed by atoms with E-state index in [1.54, 1.807) is 16.8 Å². The van der Waals surface area contributed by atoms with Crippen LogP contribution in [0.5, 0.6) is 17.2 Å². The average Bonchev–Trinajstić information content (AvgIpc) is 3.07. The summed E-state index contributed by atoms with van der Waals surface area (Å²) in [5.41, 5.74) is 1.72. The first kappa shape index (κ1) is 18.7. The number of phenolic OH excluding ortho intramolecular Hbond substituents is 2. The molecule has 0 radical (unpaired) electrons. The lowest BCUT2D eigenvalue weighted by atomic mass is 10.1. The molecule has 0 spiro atoms. The molecule has 9 heteroatoms. The zero-order valence-electron chi connectivity index (χ0n) is 16.1. The molecule has 27 heavy (non-hydrogen) atoms. The minimum atomic E-state index is -0.293. The molecule has 2 aromatic heterocycles. The number of benzene rings is 1. The van der Waals surface area contributed by atoms with Crippen molar-refractivity contribution in [1.82, 2.24) is 25.0 Å². The fourth-order valence-corrected chi connectivity index (χ4v) is 2.67. The molecule has 144 valence electrons. The molecule has 9 nitrogen and oxygen atoms in total. The van der Waals surface area contributed by atoms with Gasteiger partial charge >= 0.3 is 0 Å². The lowest BCUT2D eigenvalue weighted by Crippen LogP contribution is -2.09. The van der Waals surface area contributed by atoms with E-state index in [1.165, 1.54) is 7.11 Å². The molecule has 3 aromatic rings. The molecular formula is C18H24N6O3. The van der Waals surface area contributed by atoms with Gasteiger partial charge in [-0.15, -0.1) is 5.10 Å². The fourth-order valence-electron chi connectivity index (χ4n) is 2.67. The van der Waals surface area contributed by atoms with E-state index in [-0.39, 0.29) is 35.8 Å². The Labute approximate surface area is 157 Å². The Morgan fingerprint density at radius 1 is 1.11 bits per heavy atom. The van der Waals surface area contributed by atoms with E-state index >= 15 is 0 Å². The van der Waals surface area contributed by atoms with Crippen molar-refractivity contribution in [2.24, 2.45) is 0 Å². The number of methoxy groups -OCH3 is 1. The molecule has 0 fully saturated rings. The summed E-state index contributed by atoms with van der Waals surface area (Å²) in [6.45, 7) is 8.29. The lowest BCUT2D eigenvalue weighted by Gasteiger charge is -2.13. The predicted molar refractivity (Wildman–Crippen MR) is 101 cm³/mol. The van der Waals surface area contributed by atoms with E-state index in [2.05, 4.69) is 25.6 Å². The summed E-state index contributed by atoms with van der Waals surface area (Å²) >= 11 is 0. The highest BCUT2D eigenvalue weighted by molar-refractivity contribution is 5.82. The van der Waals surface area contributed by atoms with Gasteiger partial charge in [-0.2, -0.15) is 0 Å². The zero-order chi connectivity index (χ0) is 19.7. The van der Waals surface area contributed by atoms with Crippen LogP contribution >= 0.6 is 0 Å². The maximum atomic E-state index is 10.2. The van der Waals surface area contributed by atoms with Crippen LogP contribution in [0.15, 0.2) is 12.1 Å². The van der Waals surface area contributed by atoms with Gasteiger partial charge in [0.2, 0.25) is 5.75 Å². The minimum Gasteiger partial charge on any atom is -0.504 e. The molecule has 0 amide bonds. The third-order valence-electron chi connectivity index (χ3n) is 4.21. The number of hydrogen-bond acceptors (Lipinski definition) is 8. The Balaban J connectivity index is 1.98. The third kappa shape index (κ3) is 3.44. The monoisotopic (exact) mass is 372 g/mol. The number of nitrogens with one attached hydrogen (secondary N) is 1. The lowest BCUT2D eigenvalue weighted by molar-refractivity contribution is 0.349. The van der Waals surface area contributed by atoms with Gasteiger partial charge in [-0.3, -0.25) is 0 Å². The quantitative estimate of drug-likeness (QED) is 0.565. The first-order valence-electron chi connectivity index (χ1n) is 8.78. The molecule has 3 rings (SSSR count). The Hall–Kier alpha value is -3.10. The smallest absolute Gasteiger partial charge is 0.200 e. The number of rotatable bonds is 6. The standard InChI is InChI=1S/C18H24N6O3/c1-9(2)16-20-17(13-18(21-16)24(10(3)4)23-22-13)19-8-11-6-7-12(27-5)15(26)14(11)25/h6-7,9-10,25-26H,8H2,1-5H3,(H,19,20,21). The van der Waals surface area contributed by atoms with Crippen LogP contribution in [0.2, 0.25) is 0 Å². The maximum absolute atomic E-state index is 10.2. The molecule has 0 saturated carbocycles. The number of nitrogens with zero attached hydrogens (tertiary/aromatic N) is 5. The van der Waals surface area contributed by atoms with Gasteiger partial charge in [-0.25, -0.2) is 14.6 Å². The molecule has 0 aliphatic rings. The Morgan fingerprint density at radius 2 is 1.85 bits per heavy atom. The highest BCUT2D eigenvalue weighted by Gasteiger charge is 2.18. The van der Waals surface area contributed by atoms with Crippen molar-refractivity contribution < 1.29 is 14.9 Å². The molecule has 1 aromatic carbocycles. The van der Waals surface area contributed by atoms with Crippen LogP contribution in [0.4, 0.5) is 5.82 Å². The number of ether oxygens (including phenoxy) is 1. The molecule has 0 saturated heterocycles. The number of phenols is 2. The number of fused-ring (bicyclic) bond motifs is 1. The molecule has 0 atom stereocenters. The van der Waals surface area contributed by atoms with Crippen LogP contribution in [0.3, 0.4) is 0 Å². The second kappa shape index (κ2) is 7.26. The largest absolute Gasteiger partial charge is 0.504 e. The van der Waals surface area contributed by atoms with Crippen LogP contribution in [0.25, 0.3) is 11.2 Å². The van der Waals surface area contributed by atoms with E-state index < -0.39 is 0 Å². The zero-order valence-corrected chi connectivity index (χ0v) is 16.1. The van der Waals surface area contributed by atoms with E-state index in [4.69, 9.17) is 4.74 Å². The van der Waals surface area contributed by atoms with E-state index in [0.29, 0.717) is 28.4 Å². The number of aromatic hydroxyl groups is 2. The molecule has 0 aliphatic heterocycles. The van der Waals surface area contributed by atoms with Crippen LogP contribution in [-0.2, 0) is 6.54 Å². The average molecular weight is 372 g/mol. The Morgan fingerprint density at radius 3 is 2.48 bits per heavy atom. The van der Waals surface area contributed by atoms with Gasteiger partial charge in [0, 0.05) is 18.0 Å². The van der Waals surface area contributed by atoms with Gasteiger partial charge in [0.1, 0.15) is 5.82 Å². The summed E-state index contributed by atoms with van der Waals surface area (Å²) in [4.78, 5) is 9.17. The fraction of sp³-hybridized carbons (Fsp3) is 0.444. The normalized spacial score (nSPS) is 11.5. The van der Waals surface area contributed by atoms with Crippen molar-refractivity contribution >= 4 is 17.0 Å². The SMILES string of the molecule is COc1ccc(CNc2nc(C(C)C)nc3c2nnn3C(C)C)c(O)c1O. The van der Waals surface area contributed by atoms with Crippen molar-refractivity contribution in [2.75, 3.05) is 12.4 Å². The van der Waals surface area contributed by atoms with E-state index in [1.807, 2.05) is 27.7 Å². The third-order valence-corrected chi connectivity index (χ3v) is 4.21. The molecule has 0 aliphatic carbocycles. The molecule has 3 N–H and O–H groups in total. The van der Waals surface area contributed by atoms with Gasteiger partial charge in [0.25, 0.3) is 0 Å². The molecular weight excluding hydrogens is 348 g/mol. The Kier molecular flexibility index (Phi) is 5.02. The predicted octanol–water partition coefficient (Wildman–Crippen LogP) is 2.96. The summed E-state index contributed by atoms with van der Waals surface area (Å²) in [6, 6.07) is 3.38. The molecule has 0 unspecified atom stereocenters. The van der Waals surface area contributed by atoms with Gasteiger partial charge in [0.05, 0.1) is 13.2 Å². The first-order valence-corrected chi connectivity index (χ1v) is 8.78. The first-order chi connectivity index (χ1) is 12.8. The van der Waals surface area contributed by atoms with Crippen molar-refractivity contribution in [1.29, 1.82) is 0 Å². The summed E-state index contributed by atoms with van der Waals surface area (Å²) in [5.74, 6) is 1.02. The number of hydrogen-bond donors (Lipinski definition) is 3. The molecule has 2 heterocycles. The second-order valence-corrected chi connectivity index (χ2v) is 6.86. The minimum absolute atomic E-state index is 0.111. The van der Waals surface area contributed by atoms with Crippen molar-refractivity contribution in [3.8, 4) is 17.2 Å². The van der Waals surface area contributed by atoms with Crippen LogP contribution in [0.1, 0.15) is 51.0 Å². The van der Waals surface area contributed by atoms with Crippen molar-refractivity contribution in [3.05, 3.63) is 23.5 Å². The van der Waals surface area contributed by atoms with Gasteiger partial charge in [-0.05, 0) is 26.0 Å². The number of anilines is 1. The summed E-state index contributed by atoms with van der Waals surface area (Å²) in [6.07, 6.45) is 0. The van der Waals surface area contributed by atoms with Gasteiger partial charge < -0.3 is 20.3 Å². The topological polar surface area (TPSA) is 118 Å².